The lowest BCUT2D eigenvalue weighted by molar-refractivity contribution is 0.314. The molecule has 0 aromatic heterocycles. The number of sulfonamides is 1. The molecule has 1 heterocycles. The number of nitrogens with one attached hydrogen (secondary N) is 1. The molecule has 0 bridgehead atoms. The summed E-state index contributed by atoms with van der Waals surface area (Å²) in [4.78, 5) is 2.59. The average Bonchev–Trinajstić information content (AvgIpc) is 3.22. The summed E-state index contributed by atoms with van der Waals surface area (Å²) in [5.41, 5.74) is 1.17. The molecule has 3 rings (SSSR count). The molecule has 2 aliphatic rings. The van der Waals surface area contributed by atoms with Gasteiger partial charge < -0.3 is 4.90 Å². The number of halogens is 2. The molecule has 1 atom stereocenters. The van der Waals surface area contributed by atoms with Crippen LogP contribution in [0.2, 0.25) is 10.0 Å². The predicted octanol–water partition coefficient (Wildman–Crippen LogP) is 3.37. The van der Waals surface area contributed by atoms with Gasteiger partial charge in [0.15, 0.2) is 0 Å². The van der Waals surface area contributed by atoms with Crippen LogP contribution >= 0.6 is 23.2 Å². The fourth-order valence-corrected chi connectivity index (χ4v) is 5.56. The maximum Gasteiger partial charge on any atom is 0.242 e. The van der Waals surface area contributed by atoms with Crippen LogP contribution in [0.4, 0.5) is 0 Å². The normalized spacial score (nSPS) is 22.7. The van der Waals surface area contributed by atoms with E-state index in [0.29, 0.717) is 28.6 Å². The van der Waals surface area contributed by atoms with Crippen LogP contribution in [-0.2, 0) is 10.0 Å². The molecule has 1 saturated heterocycles. The minimum Gasteiger partial charge on any atom is -0.300 e. The minimum atomic E-state index is -3.66. The molecule has 1 aromatic rings. The minimum absolute atomic E-state index is 0.112. The van der Waals surface area contributed by atoms with E-state index >= 15 is 0 Å². The molecular weight excluding hydrogens is 355 g/mol. The molecule has 7 heteroatoms. The summed E-state index contributed by atoms with van der Waals surface area (Å²) < 4.78 is 28.1. The van der Waals surface area contributed by atoms with Crippen LogP contribution < -0.4 is 4.72 Å². The largest absolute Gasteiger partial charge is 0.300 e. The summed E-state index contributed by atoms with van der Waals surface area (Å²) in [6, 6.07) is 2.44. The Hall–Kier alpha value is -0.330. The summed E-state index contributed by atoms with van der Waals surface area (Å²) in [6.07, 6.45) is 3.62. The second-order valence-corrected chi connectivity index (χ2v) is 9.17. The highest BCUT2D eigenvalue weighted by Gasteiger charge is 2.35. The summed E-state index contributed by atoms with van der Waals surface area (Å²) in [5.74, 6) is 0.365. The number of benzene rings is 1. The molecule has 1 aliphatic heterocycles. The van der Waals surface area contributed by atoms with Gasteiger partial charge in [0.2, 0.25) is 10.0 Å². The SMILES string of the molecule is Cc1cc(Cl)c(C)c(S(=O)(=O)NC[C@@H]2CCN(C3CC3)C2)c1Cl. The quantitative estimate of drug-likeness (QED) is 0.856. The van der Waals surface area contributed by atoms with Gasteiger partial charge in [-0.1, -0.05) is 23.2 Å². The monoisotopic (exact) mass is 376 g/mol. The first kappa shape index (κ1) is 17.5. The standard InChI is InChI=1S/C16H22Cl2N2O2S/c1-10-7-14(17)11(2)16(15(10)18)23(21,22)19-8-12-5-6-20(9-12)13-3-4-13/h7,12-13,19H,3-6,8-9H2,1-2H3/t12-/m0/s1. The number of hydrogen-bond acceptors (Lipinski definition) is 3. The van der Waals surface area contributed by atoms with E-state index < -0.39 is 10.0 Å². The lowest BCUT2D eigenvalue weighted by atomic mass is 10.1. The van der Waals surface area contributed by atoms with Crippen LogP contribution in [0.3, 0.4) is 0 Å². The Morgan fingerprint density at radius 2 is 1.96 bits per heavy atom. The van der Waals surface area contributed by atoms with E-state index in [4.69, 9.17) is 23.2 Å². The topological polar surface area (TPSA) is 49.4 Å². The van der Waals surface area contributed by atoms with Crippen LogP contribution in [0, 0.1) is 19.8 Å². The lowest BCUT2D eigenvalue weighted by Gasteiger charge is -2.17. The molecule has 1 N–H and O–H groups in total. The summed E-state index contributed by atoms with van der Waals surface area (Å²) in [6.45, 7) is 5.96. The van der Waals surface area contributed by atoms with E-state index in [2.05, 4.69) is 9.62 Å². The molecule has 4 nitrogen and oxygen atoms in total. The number of nitrogens with zero attached hydrogens (tertiary/aromatic N) is 1. The summed E-state index contributed by atoms with van der Waals surface area (Å²) >= 11 is 12.4. The summed E-state index contributed by atoms with van der Waals surface area (Å²) in [5, 5.41) is 0.679. The smallest absolute Gasteiger partial charge is 0.242 e. The number of rotatable bonds is 5. The highest BCUT2D eigenvalue weighted by Crippen LogP contribution is 2.34. The van der Waals surface area contributed by atoms with Crippen LogP contribution in [0.1, 0.15) is 30.4 Å². The van der Waals surface area contributed by atoms with Gasteiger partial charge in [-0.25, -0.2) is 13.1 Å². The van der Waals surface area contributed by atoms with Crippen LogP contribution in [0.15, 0.2) is 11.0 Å². The van der Waals surface area contributed by atoms with Gasteiger partial charge >= 0.3 is 0 Å². The Labute approximate surface area is 148 Å². The number of likely N-dealkylation sites (tertiary alicyclic amines) is 1. The first-order chi connectivity index (χ1) is 10.8. The van der Waals surface area contributed by atoms with Crippen LogP contribution in [0.5, 0.6) is 0 Å². The third-order valence-electron chi connectivity index (χ3n) is 4.80. The second kappa shape index (κ2) is 6.52. The van der Waals surface area contributed by atoms with Gasteiger partial charge in [0.05, 0.1) is 5.02 Å². The zero-order chi connectivity index (χ0) is 16.8. The Kier molecular flexibility index (Phi) is 4.96. The van der Waals surface area contributed by atoms with Crippen molar-refractivity contribution in [2.75, 3.05) is 19.6 Å². The molecule has 0 amide bonds. The zero-order valence-electron chi connectivity index (χ0n) is 13.4. The molecule has 0 unspecified atom stereocenters. The van der Waals surface area contributed by atoms with Crippen molar-refractivity contribution in [2.45, 2.75) is 44.0 Å². The summed E-state index contributed by atoms with van der Waals surface area (Å²) in [7, 11) is -3.66. The number of hydrogen-bond donors (Lipinski definition) is 1. The van der Waals surface area contributed by atoms with Crippen molar-refractivity contribution < 1.29 is 8.42 Å². The third-order valence-corrected chi connectivity index (χ3v) is 7.39. The van der Waals surface area contributed by atoms with Crippen molar-refractivity contribution in [2.24, 2.45) is 5.92 Å². The molecule has 1 aliphatic carbocycles. The molecular formula is C16H22Cl2N2O2S. The Morgan fingerprint density at radius 3 is 2.61 bits per heavy atom. The van der Waals surface area contributed by atoms with Crippen molar-refractivity contribution >= 4 is 33.2 Å². The van der Waals surface area contributed by atoms with Crippen molar-refractivity contribution in [1.29, 1.82) is 0 Å². The molecule has 0 radical (unpaired) electrons. The van der Waals surface area contributed by atoms with Gasteiger partial charge in [-0.05, 0) is 62.8 Å². The van der Waals surface area contributed by atoms with Crippen LogP contribution in [0.25, 0.3) is 0 Å². The molecule has 128 valence electrons. The van der Waals surface area contributed by atoms with Gasteiger partial charge in [-0.15, -0.1) is 0 Å². The van der Waals surface area contributed by atoms with Crippen molar-refractivity contribution in [3.8, 4) is 0 Å². The molecule has 0 spiro atoms. The molecule has 1 saturated carbocycles. The Balaban J connectivity index is 1.72. The third kappa shape index (κ3) is 3.69. The fourth-order valence-electron chi connectivity index (χ4n) is 3.23. The highest BCUT2D eigenvalue weighted by molar-refractivity contribution is 7.89. The lowest BCUT2D eigenvalue weighted by Crippen LogP contribution is -2.32. The number of aryl methyl sites for hydroxylation is 1. The van der Waals surface area contributed by atoms with E-state index in [1.54, 1.807) is 19.9 Å². The average molecular weight is 377 g/mol. The second-order valence-electron chi connectivity index (χ2n) is 6.68. The first-order valence-corrected chi connectivity index (χ1v) is 10.2. The maximum absolute atomic E-state index is 12.7. The van der Waals surface area contributed by atoms with Gasteiger partial charge in [-0.2, -0.15) is 0 Å². The van der Waals surface area contributed by atoms with Crippen LogP contribution in [-0.4, -0.2) is 39.0 Å². The van der Waals surface area contributed by atoms with Gasteiger partial charge in [-0.3, -0.25) is 0 Å². The first-order valence-electron chi connectivity index (χ1n) is 7.98. The van der Waals surface area contributed by atoms with Gasteiger partial charge in [0.1, 0.15) is 4.90 Å². The Bertz CT molecular complexity index is 691. The highest BCUT2D eigenvalue weighted by atomic mass is 35.5. The predicted molar refractivity (Wildman–Crippen MR) is 93.8 cm³/mol. The van der Waals surface area contributed by atoms with Gasteiger partial charge in [0, 0.05) is 24.2 Å². The Morgan fingerprint density at radius 1 is 1.26 bits per heavy atom. The molecule has 2 fully saturated rings. The maximum atomic E-state index is 12.7. The molecule has 1 aromatic carbocycles. The molecule has 23 heavy (non-hydrogen) atoms. The van der Waals surface area contributed by atoms with E-state index in [1.165, 1.54) is 12.8 Å². The zero-order valence-corrected chi connectivity index (χ0v) is 15.7. The van der Waals surface area contributed by atoms with Crippen molar-refractivity contribution in [3.05, 3.63) is 27.2 Å². The van der Waals surface area contributed by atoms with E-state index in [9.17, 15) is 8.42 Å². The fraction of sp³-hybridized carbons (Fsp3) is 0.625. The van der Waals surface area contributed by atoms with Crippen molar-refractivity contribution in [3.63, 3.8) is 0 Å². The van der Waals surface area contributed by atoms with Gasteiger partial charge in [0.25, 0.3) is 0 Å². The van der Waals surface area contributed by atoms with E-state index in [-0.39, 0.29) is 9.92 Å². The van der Waals surface area contributed by atoms with Crippen molar-refractivity contribution in [1.82, 2.24) is 9.62 Å². The van der Waals surface area contributed by atoms with E-state index in [0.717, 1.165) is 25.6 Å². The van der Waals surface area contributed by atoms with E-state index in [1.807, 2.05) is 0 Å².